The number of nitrogens with one attached hydrogen (secondary N) is 1. The molecule has 0 aliphatic heterocycles. The molecule has 1 amide bonds. The molecule has 2 rings (SSSR count). The Balaban J connectivity index is 1.84. The van der Waals surface area contributed by atoms with Crippen molar-refractivity contribution in [1.82, 2.24) is 5.32 Å². The molecule has 0 atom stereocenters. The van der Waals surface area contributed by atoms with Crippen LogP contribution in [0.2, 0.25) is 0 Å². The number of benzene rings is 2. The first kappa shape index (κ1) is 21.3. The largest absolute Gasteiger partial charge is 0.493 e. The van der Waals surface area contributed by atoms with Gasteiger partial charge in [0.25, 0.3) is 5.91 Å². The molecule has 28 heavy (non-hydrogen) atoms. The summed E-state index contributed by atoms with van der Waals surface area (Å²) in [6.07, 6.45) is 0. The molecule has 0 saturated heterocycles. The zero-order valence-electron chi connectivity index (χ0n) is 17.0. The predicted octanol–water partition coefficient (Wildman–Crippen LogP) is 3.47. The fraction of sp³-hybridized carbons (Fsp3) is 0.364. The van der Waals surface area contributed by atoms with Crippen molar-refractivity contribution in [1.29, 1.82) is 0 Å². The fourth-order valence-electron chi connectivity index (χ4n) is 2.56. The van der Waals surface area contributed by atoms with Gasteiger partial charge in [0.15, 0.2) is 18.1 Å². The zero-order valence-corrected chi connectivity index (χ0v) is 17.0. The summed E-state index contributed by atoms with van der Waals surface area (Å²) in [6, 6.07) is 12.6. The second-order valence-electron chi connectivity index (χ2n) is 7.37. The van der Waals surface area contributed by atoms with E-state index in [-0.39, 0.29) is 24.5 Å². The summed E-state index contributed by atoms with van der Waals surface area (Å²) in [4.78, 5) is 24.1. The van der Waals surface area contributed by atoms with Gasteiger partial charge in [-0.2, -0.15) is 0 Å². The van der Waals surface area contributed by atoms with Gasteiger partial charge >= 0.3 is 5.97 Å². The normalized spacial score (nSPS) is 10.9. The van der Waals surface area contributed by atoms with Crippen LogP contribution in [0.3, 0.4) is 0 Å². The van der Waals surface area contributed by atoms with Crippen molar-refractivity contribution in [2.24, 2.45) is 0 Å². The number of methoxy groups -OCH3 is 2. The summed E-state index contributed by atoms with van der Waals surface area (Å²) in [5.41, 5.74) is 2.39. The smallest absolute Gasteiger partial charge is 0.338 e. The van der Waals surface area contributed by atoms with Crippen molar-refractivity contribution in [2.45, 2.75) is 32.7 Å². The van der Waals surface area contributed by atoms with Crippen molar-refractivity contribution in [3.63, 3.8) is 0 Å². The van der Waals surface area contributed by atoms with Gasteiger partial charge in [-0.25, -0.2) is 4.79 Å². The van der Waals surface area contributed by atoms with E-state index in [1.165, 1.54) is 0 Å². The van der Waals surface area contributed by atoms with Crippen molar-refractivity contribution < 1.29 is 23.8 Å². The maximum Gasteiger partial charge on any atom is 0.338 e. The molecule has 0 bridgehead atoms. The molecule has 0 radical (unpaired) electrons. The number of esters is 1. The van der Waals surface area contributed by atoms with E-state index in [0.29, 0.717) is 17.1 Å². The number of rotatable bonds is 7. The molecule has 0 unspecified atom stereocenters. The third-order valence-corrected chi connectivity index (χ3v) is 4.26. The number of carbonyl (C=O) groups excluding carboxylic acids is 2. The van der Waals surface area contributed by atoms with Crippen molar-refractivity contribution >= 4 is 11.9 Å². The maximum atomic E-state index is 12.1. The van der Waals surface area contributed by atoms with Crippen LogP contribution in [0.25, 0.3) is 0 Å². The van der Waals surface area contributed by atoms with E-state index < -0.39 is 5.97 Å². The van der Waals surface area contributed by atoms with Gasteiger partial charge < -0.3 is 19.5 Å². The average molecular weight is 385 g/mol. The van der Waals surface area contributed by atoms with Crippen LogP contribution in [0, 0.1) is 0 Å². The number of hydrogen-bond acceptors (Lipinski definition) is 5. The van der Waals surface area contributed by atoms with E-state index in [1.54, 1.807) is 38.5 Å². The molecule has 0 fully saturated rings. The quantitative estimate of drug-likeness (QED) is 0.739. The van der Waals surface area contributed by atoms with Gasteiger partial charge in [-0.05, 0) is 40.8 Å². The van der Waals surface area contributed by atoms with Crippen LogP contribution in [-0.4, -0.2) is 32.7 Å². The van der Waals surface area contributed by atoms with E-state index in [1.807, 2.05) is 18.2 Å². The average Bonchev–Trinajstić information content (AvgIpc) is 2.69. The van der Waals surface area contributed by atoms with E-state index in [9.17, 15) is 9.59 Å². The Hall–Kier alpha value is -3.02. The first-order chi connectivity index (χ1) is 13.2. The van der Waals surface area contributed by atoms with Crippen LogP contribution < -0.4 is 14.8 Å². The van der Waals surface area contributed by atoms with E-state index in [0.717, 1.165) is 11.1 Å². The molecular formula is C22H27NO5. The molecular weight excluding hydrogens is 358 g/mol. The van der Waals surface area contributed by atoms with Crippen LogP contribution in [0.1, 0.15) is 42.3 Å². The highest BCUT2D eigenvalue weighted by Crippen LogP contribution is 2.27. The fourth-order valence-corrected chi connectivity index (χ4v) is 2.56. The minimum atomic E-state index is -0.526. The Bertz CT molecular complexity index is 822. The van der Waals surface area contributed by atoms with Gasteiger partial charge in [-0.1, -0.05) is 39.0 Å². The molecule has 6 nitrogen and oxygen atoms in total. The summed E-state index contributed by atoms with van der Waals surface area (Å²) in [5.74, 6) is 0.291. The molecule has 0 spiro atoms. The molecule has 2 aromatic carbocycles. The molecule has 0 heterocycles. The first-order valence-corrected chi connectivity index (χ1v) is 9.00. The summed E-state index contributed by atoms with van der Waals surface area (Å²) < 4.78 is 15.5. The minimum Gasteiger partial charge on any atom is -0.493 e. The van der Waals surface area contributed by atoms with E-state index in [4.69, 9.17) is 14.2 Å². The standard InChI is InChI=1S/C22H27NO5/c1-22(2,3)17-9-7-16(8-10-17)21(25)28-14-20(24)23-13-15-6-11-18(26-4)19(12-15)27-5/h6-12H,13-14H2,1-5H3,(H,23,24). The van der Waals surface area contributed by atoms with Gasteiger partial charge in [0.2, 0.25) is 0 Å². The lowest BCUT2D eigenvalue weighted by Crippen LogP contribution is -2.28. The topological polar surface area (TPSA) is 73.9 Å². The molecule has 150 valence electrons. The van der Waals surface area contributed by atoms with E-state index in [2.05, 4.69) is 26.1 Å². The Labute approximate surface area is 165 Å². The van der Waals surface area contributed by atoms with Crippen molar-refractivity contribution in [3.8, 4) is 11.5 Å². The van der Waals surface area contributed by atoms with Gasteiger partial charge in [-0.15, -0.1) is 0 Å². The van der Waals surface area contributed by atoms with Gasteiger partial charge in [0, 0.05) is 6.54 Å². The summed E-state index contributed by atoms with van der Waals surface area (Å²) in [7, 11) is 3.11. The molecule has 6 heteroatoms. The third kappa shape index (κ3) is 5.74. The van der Waals surface area contributed by atoms with Crippen molar-refractivity contribution in [2.75, 3.05) is 20.8 Å². The third-order valence-electron chi connectivity index (χ3n) is 4.26. The summed E-state index contributed by atoms with van der Waals surface area (Å²) >= 11 is 0. The second kappa shape index (κ2) is 9.26. The molecule has 0 saturated carbocycles. The summed E-state index contributed by atoms with van der Waals surface area (Å²) in [6.45, 7) is 6.25. The monoisotopic (exact) mass is 385 g/mol. The SMILES string of the molecule is COc1ccc(CNC(=O)COC(=O)c2ccc(C(C)(C)C)cc2)cc1OC. The Morgan fingerprint density at radius 1 is 0.929 bits per heavy atom. The molecule has 2 aromatic rings. The predicted molar refractivity (Wildman–Crippen MR) is 107 cm³/mol. The van der Waals surface area contributed by atoms with Crippen molar-refractivity contribution in [3.05, 3.63) is 59.2 Å². The van der Waals surface area contributed by atoms with Gasteiger partial charge in [0.1, 0.15) is 0 Å². The summed E-state index contributed by atoms with van der Waals surface area (Å²) in [5, 5.41) is 2.71. The van der Waals surface area contributed by atoms with Crippen LogP contribution in [0.4, 0.5) is 0 Å². The van der Waals surface area contributed by atoms with Crippen LogP contribution >= 0.6 is 0 Å². The Morgan fingerprint density at radius 3 is 2.14 bits per heavy atom. The minimum absolute atomic E-state index is 0.00641. The number of ether oxygens (including phenoxy) is 3. The van der Waals surface area contributed by atoms with Gasteiger partial charge in [-0.3, -0.25) is 4.79 Å². The van der Waals surface area contributed by atoms with Crippen LogP contribution in [0.5, 0.6) is 11.5 Å². The highest BCUT2D eigenvalue weighted by Gasteiger charge is 2.15. The van der Waals surface area contributed by atoms with Gasteiger partial charge in [0.05, 0.1) is 19.8 Å². The maximum absolute atomic E-state index is 12.1. The molecule has 0 aromatic heterocycles. The van der Waals surface area contributed by atoms with Crippen LogP contribution in [-0.2, 0) is 21.5 Å². The second-order valence-corrected chi connectivity index (χ2v) is 7.37. The highest BCUT2D eigenvalue weighted by atomic mass is 16.5. The first-order valence-electron chi connectivity index (χ1n) is 9.00. The number of carbonyl (C=O) groups is 2. The Kier molecular flexibility index (Phi) is 7.04. The van der Waals surface area contributed by atoms with E-state index >= 15 is 0 Å². The Morgan fingerprint density at radius 2 is 1.57 bits per heavy atom. The number of amides is 1. The lowest BCUT2D eigenvalue weighted by atomic mass is 9.87. The highest BCUT2D eigenvalue weighted by molar-refractivity contribution is 5.91. The molecule has 0 aliphatic carbocycles. The molecule has 1 N–H and O–H groups in total. The zero-order chi connectivity index (χ0) is 20.7. The van der Waals surface area contributed by atoms with Crippen LogP contribution in [0.15, 0.2) is 42.5 Å². The number of hydrogen-bond donors (Lipinski definition) is 1. The molecule has 0 aliphatic rings. The lowest BCUT2D eigenvalue weighted by Gasteiger charge is -2.18. The lowest BCUT2D eigenvalue weighted by molar-refractivity contribution is -0.124.